The molecule has 0 fully saturated rings. The van der Waals surface area contributed by atoms with Gasteiger partial charge in [-0.25, -0.2) is 0 Å². The van der Waals surface area contributed by atoms with Crippen molar-refractivity contribution in [3.63, 3.8) is 0 Å². The second kappa shape index (κ2) is 6.69. The zero-order valence-electron chi connectivity index (χ0n) is 9.97. The minimum absolute atomic E-state index is 0.639. The number of hydrogen-bond acceptors (Lipinski definition) is 1. The van der Waals surface area contributed by atoms with E-state index in [2.05, 4.69) is 33.9 Å². The molecule has 82 valence electrons. The molecule has 0 bridgehead atoms. The molecular formula is C13H25N. The van der Waals surface area contributed by atoms with Crippen LogP contribution in [0.1, 0.15) is 46.5 Å². The minimum Gasteiger partial charge on any atom is -0.399 e. The monoisotopic (exact) mass is 195 g/mol. The zero-order chi connectivity index (χ0) is 11.1. The van der Waals surface area contributed by atoms with Crippen molar-refractivity contribution in [3.8, 4) is 0 Å². The van der Waals surface area contributed by atoms with Crippen LogP contribution >= 0.6 is 0 Å². The van der Waals surface area contributed by atoms with Gasteiger partial charge in [-0.2, -0.15) is 0 Å². The summed E-state index contributed by atoms with van der Waals surface area (Å²) in [6.45, 7) is 14.4. The van der Waals surface area contributed by atoms with Crippen molar-refractivity contribution in [3.05, 3.63) is 24.4 Å². The third-order valence-electron chi connectivity index (χ3n) is 2.64. The molecular weight excluding hydrogens is 170 g/mol. The highest BCUT2D eigenvalue weighted by Crippen LogP contribution is 2.22. The summed E-state index contributed by atoms with van der Waals surface area (Å²) in [5, 5.41) is 0. The summed E-state index contributed by atoms with van der Waals surface area (Å²) in [5.74, 6) is 1.48. The highest BCUT2D eigenvalue weighted by atomic mass is 14.6. The summed E-state index contributed by atoms with van der Waals surface area (Å²) in [6.07, 6.45) is 4.85. The average Bonchev–Trinajstić information content (AvgIpc) is 2.03. The van der Waals surface area contributed by atoms with Gasteiger partial charge in [-0.05, 0) is 30.3 Å². The Bertz CT molecular complexity index is 193. The Labute approximate surface area is 89.1 Å². The lowest BCUT2D eigenvalue weighted by atomic mass is 9.89. The highest BCUT2D eigenvalue weighted by Gasteiger charge is 2.09. The van der Waals surface area contributed by atoms with Crippen LogP contribution in [0.4, 0.5) is 0 Å². The maximum Gasteiger partial charge on any atom is 0.0267 e. The predicted octanol–water partition coefficient (Wildman–Crippen LogP) is 3.87. The zero-order valence-corrected chi connectivity index (χ0v) is 9.97. The molecule has 2 unspecified atom stereocenters. The van der Waals surface area contributed by atoms with Crippen LogP contribution in [-0.2, 0) is 0 Å². The van der Waals surface area contributed by atoms with Crippen LogP contribution in [0.3, 0.4) is 0 Å². The molecule has 0 saturated heterocycles. The van der Waals surface area contributed by atoms with Crippen LogP contribution in [0, 0.1) is 11.8 Å². The first-order chi connectivity index (χ1) is 6.47. The van der Waals surface area contributed by atoms with Gasteiger partial charge in [0.05, 0.1) is 0 Å². The van der Waals surface area contributed by atoms with Gasteiger partial charge < -0.3 is 5.73 Å². The van der Waals surface area contributed by atoms with Gasteiger partial charge in [0.25, 0.3) is 0 Å². The number of nitrogens with two attached hydrogens (primary N) is 1. The second-order valence-electron chi connectivity index (χ2n) is 4.57. The Balaban J connectivity index is 3.80. The van der Waals surface area contributed by atoms with E-state index < -0.39 is 0 Å². The van der Waals surface area contributed by atoms with Crippen molar-refractivity contribution < 1.29 is 0 Å². The van der Waals surface area contributed by atoms with Crippen LogP contribution in [0.5, 0.6) is 0 Å². The lowest BCUT2D eigenvalue weighted by Crippen LogP contribution is -2.07. The Morgan fingerprint density at radius 3 is 2.21 bits per heavy atom. The molecule has 0 aromatic carbocycles. The van der Waals surface area contributed by atoms with Gasteiger partial charge in [0, 0.05) is 5.70 Å². The largest absolute Gasteiger partial charge is 0.399 e. The van der Waals surface area contributed by atoms with E-state index >= 15 is 0 Å². The molecule has 0 aromatic rings. The Morgan fingerprint density at radius 2 is 1.79 bits per heavy atom. The summed E-state index contributed by atoms with van der Waals surface area (Å²) in [5.41, 5.74) is 7.22. The van der Waals surface area contributed by atoms with Crippen LogP contribution in [0.2, 0.25) is 0 Å². The van der Waals surface area contributed by atoms with Crippen LogP contribution in [0.15, 0.2) is 24.4 Å². The highest BCUT2D eigenvalue weighted by molar-refractivity contribution is 5.21. The van der Waals surface area contributed by atoms with E-state index in [1.54, 1.807) is 0 Å². The van der Waals surface area contributed by atoms with E-state index in [4.69, 9.17) is 5.73 Å². The molecule has 0 aliphatic carbocycles. The number of hydrogen-bond donors (Lipinski definition) is 1. The first-order valence-electron chi connectivity index (χ1n) is 5.59. The first-order valence-corrected chi connectivity index (χ1v) is 5.59. The van der Waals surface area contributed by atoms with Crippen molar-refractivity contribution in [1.29, 1.82) is 0 Å². The first kappa shape index (κ1) is 13.3. The summed E-state index contributed by atoms with van der Waals surface area (Å²) in [4.78, 5) is 0. The summed E-state index contributed by atoms with van der Waals surface area (Å²) in [6, 6.07) is 0. The average molecular weight is 195 g/mol. The predicted molar refractivity (Wildman–Crippen MR) is 64.9 cm³/mol. The molecule has 2 atom stereocenters. The molecule has 0 aliphatic rings. The van der Waals surface area contributed by atoms with E-state index in [0.717, 1.165) is 17.9 Å². The fourth-order valence-electron chi connectivity index (χ4n) is 1.93. The molecule has 0 radical (unpaired) electrons. The molecule has 0 amide bonds. The minimum atomic E-state index is 0.639. The van der Waals surface area contributed by atoms with Crippen molar-refractivity contribution in [1.82, 2.24) is 0 Å². The van der Waals surface area contributed by atoms with Crippen molar-refractivity contribution in [2.24, 2.45) is 17.6 Å². The summed E-state index contributed by atoms with van der Waals surface area (Å²) in [7, 11) is 0. The normalized spacial score (nSPS) is 14.8. The van der Waals surface area contributed by atoms with Gasteiger partial charge in [-0.15, -0.1) is 0 Å². The third-order valence-corrected chi connectivity index (χ3v) is 2.64. The van der Waals surface area contributed by atoms with E-state index in [9.17, 15) is 0 Å². The molecule has 0 rings (SSSR count). The van der Waals surface area contributed by atoms with Crippen molar-refractivity contribution in [2.45, 2.75) is 46.5 Å². The molecule has 0 heterocycles. The Morgan fingerprint density at radius 1 is 1.21 bits per heavy atom. The molecule has 0 aliphatic heterocycles. The van der Waals surface area contributed by atoms with Gasteiger partial charge in [0.2, 0.25) is 0 Å². The standard InChI is InChI=1S/C13H25N/c1-6-7-10(2)8-11(3)9-12(4)13(5)14/h10-11H,4-9,14H2,1-3H3. The number of rotatable bonds is 7. The van der Waals surface area contributed by atoms with Gasteiger partial charge in [0.15, 0.2) is 0 Å². The van der Waals surface area contributed by atoms with Gasteiger partial charge in [-0.3, -0.25) is 0 Å². The molecule has 1 nitrogen and oxygen atoms in total. The van der Waals surface area contributed by atoms with Gasteiger partial charge in [-0.1, -0.05) is 46.8 Å². The van der Waals surface area contributed by atoms with Crippen LogP contribution < -0.4 is 5.73 Å². The lowest BCUT2D eigenvalue weighted by Gasteiger charge is -2.17. The molecule has 14 heavy (non-hydrogen) atoms. The van der Waals surface area contributed by atoms with Crippen molar-refractivity contribution >= 4 is 0 Å². The van der Waals surface area contributed by atoms with Gasteiger partial charge in [0.1, 0.15) is 0 Å². The molecule has 0 saturated carbocycles. The Hall–Kier alpha value is -0.720. The van der Waals surface area contributed by atoms with Crippen LogP contribution in [-0.4, -0.2) is 0 Å². The smallest absolute Gasteiger partial charge is 0.0267 e. The van der Waals surface area contributed by atoms with Crippen LogP contribution in [0.25, 0.3) is 0 Å². The molecule has 0 aromatic heterocycles. The fourth-order valence-corrected chi connectivity index (χ4v) is 1.93. The Kier molecular flexibility index (Phi) is 6.35. The quantitative estimate of drug-likeness (QED) is 0.613. The maximum atomic E-state index is 5.58. The fraction of sp³-hybridized carbons (Fsp3) is 0.692. The molecule has 0 spiro atoms. The molecule has 2 N–H and O–H groups in total. The van der Waals surface area contributed by atoms with E-state index in [0.29, 0.717) is 11.6 Å². The van der Waals surface area contributed by atoms with E-state index in [1.807, 2.05) is 0 Å². The summed E-state index contributed by atoms with van der Waals surface area (Å²) < 4.78 is 0. The SMILES string of the molecule is C=C(N)C(=C)CC(C)CC(C)CCC. The maximum absolute atomic E-state index is 5.58. The van der Waals surface area contributed by atoms with Crippen molar-refractivity contribution in [2.75, 3.05) is 0 Å². The topological polar surface area (TPSA) is 26.0 Å². The second-order valence-corrected chi connectivity index (χ2v) is 4.57. The van der Waals surface area contributed by atoms with Gasteiger partial charge >= 0.3 is 0 Å². The summed E-state index contributed by atoms with van der Waals surface area (Å²) >= 11 is 0. The third kappa shape index (κ3) is 5.85. The number of allylic oxidation sites excluding steroid dienone is 1. The van der Waals surface area contributed by atoms with E-state index in [-0.39, 0.29) is 0 Å². The lowest BCUT2D eigenvalue weighted by molar-refractivity contribution is 0.390. The van der Waals surface area contributed by atoms with E-state index in [1.165, 1.54) is 19.3 Å². The molecule has 1 heteroatoms.